The highest BCUT2D eigenvalue weighted by molar-refractivity contribution is 5.37. The highest BCUT2D eigenvalue weighted by Gasteiger charge is 2.45. The van der Waals surface area contributed by atoms with Gasteiger partial charge >= 0.3 is 0 Å². The molecule has 1 aromatic heterocycles. The van der Waals surface area contributed by atoms with Crippen molar-refractivity contribution in [3.05, 3.63) is 54.0 Å². The number of benzene rings is 1. The van der Waals surface area contributed by atoms with Crippen molar-refractivity contribution in [2.75, 3.05) is 32.1 Å². The lowest BCUT2D eigenvalue weighted by Crippen LogP contribution is -2.33. The third kappa shape index (κ3) is 3.66. The Hall–Kier alpha value is -2.18. The van der Waals surface area contributed by atoms with E-state index in [4.69, 9.17) is 9.47 Å². The molecule has 138 valence electrons. The van der Waals surface area contributed by atoms with Crippen molar-refractivity contribution < 1.29 is 13.9 Å². The molecule has 0 amide bonds. The van der Waals surface area contributed by atoms with Gasteiger partial charge in [-0.3, -0.25) is 4.90 Å². The number of hydrogen-bond acceptors (Lipinski definition) is 5. The molecule has 0 unspecified atom stereocenters. The molecule has 4 rings (SSSR count). The SMILES string of the molecule is COc1ccc(CN2CC[C@]3(C[C@H](Nc4ncccc4F)CO3)C2)cc1. The molecule has 1 aromatic carbocycles. The lowest BCUT2D eigenvalue weighted by molar-refractivity contribution is 0.0120. The van der Waals surface area contributed by atoms with Crippen LogP contribution >= 0.6 is 0 Å². The van der Waals surface area contributed by atoms with Gasteiger partial charge in [-0.25, -0.2) is 9.37 Å². The molecule has 0 bridgehead atoms. The molecule has 0 saturated carbocycles. The number of hydrogen-bond donors (Lipinski definition) is 1. The van der Waals surface area contributed by atoms with Gasteiger partial charge < -0.3 is 14.8 Å². The van der Waals surface area contributed by atoms with E-state index in [1.807, 2.05) is 12.1 Å². The zero-order valence-electron chi connectivity index (χ0n) is 15.0. The van der Waals surface area contributed by atoms with Crippen LogP contribution in [-0.4, -0.2) is 48.3 Å². The van der Waals surface area contributed by atoms with Crippen LogP contribution in [0.5, 0.6) is 5.75 Å². The number of pyridine rings is 1. The summed E-state index contributed by atoms with van der Waals surface area (Å²) in [4.78, 5) is 6.50. The van der Waals surface area contributed by atoms with E-state index in [9.17, 15) is 4.39 Å². The smallest absolute Gasteiger partial charge is 0.165 e. The second kappa shape index (κ2) is 7.21. The van der Waals surface area contributed by atoms with Crippen molar-refractivity contribution in [3.8, 4) is 5.75 Å². The lowest BCUT2D eigenvalue weighted by Gasteiger charge is -2.23. The van der Waals surface area contributed by atoms with E-state index in [1.54, 1.807) is 19.4 Å². The average Bonchev–Trinajstić information content (AvgIpc) is 3.24. The van der Waals surface area contributed by atoms with Gasteiger partial charge in [0.05, 0.1) is 25.4 Å². The van der Waals surface area contributed by atoms with Gasteiger partial charge in [-0.1, -0.05) is 12.1 Å². The maximum Gasteiger partial charge on any atom is 0.165 e. The lowest BCUT2D eigenvalue weighted by atomic mass is 9.97. The number of halogens is 1. The second-order valence-corrected chi connectivity index (χ2v) is 7.18. The number of anilines is 1. The number of likely N-dealkylation sites (tertiary alicyclic amines) is 1. The van der Waals surface area contributed by atoms with Crippen LogP contribution in [0.4, 0.5) is 10.2 Å². The van der Waals surface area contributed by atoms with Gasteiger partial charge in [-0.15, -0.1) is 0 Å². The van der Waals surface area contributed by atoms with Crippen LogP contribution in [0.1, 0.15) is 18.4 Å². The Morgan fingerprint density at radius 2 is 2.19 bits per heavy atom. The molecule has 2 aromatic rings. The highest BCUT2D eigenvalue weighted by atomic mass is 19.1. The van der Waals surface area contributed by atoms with Crippen LogP contribution < -0.4 is 10.1 Å². The Kier molecular flexibility index (Phi) is 4.78. The van der Waals surface area contributed by atoms with Gasteiger partial charge in [0.15, 0.2) is 11.6 Å². The average molecular weight is 357 g/mol. The Morgan fingerprint density at radius 3 is 2.96 bits per heavy atom. The van der Waals surface area contributed by atoms with Crippen molar-refractivity contribution >= 4 is 5.82 Å². The van der Waals surface area contributed by atoms with Crippen molar-refractivity contribution in [3.63, 3.8) is 0 Å². The summed E-state index contributed by atoms with van der Waals surface area (Å²) in [6.07, 6.45) is 3.48. The van der Waals surface area contributed by atoms with Crippen molar-refractivity contribution in [1.29, 1.82) is 0 Å². The predicted molar refractivity (Wildman–Crippen MR) is 97.8 cm³/mol. The summed E-state index contributed by atoms with van der Waals surface area (Å²) in [6, 6.07) is 11.3. The first-order valence-corrected chi connectivity index (χ1v) is 9.02. The largest absolute Gasteiger partial charge is 0.497 e. The number of aromatic nitrogens is 1. The summed E-state index contributed by atoms with van der Waals surface area (Å²) >= 11 is 0. The van der Waals surface area contributed by atoms with E-state index in [0.29, 0.717) is 12.4 Å². The summed E-state index contributed by atoms with van der Waals surface area (Å²) in [5.74, 6) is 0.869. The molecule has 26 heavy (non-hydrogen) atoms. The van der Waals surface area contributed by atoms with Gasteiger partial charge in [-0.05, 0) is 36.2 Å². The molecule has 2 atom stereocenters. The number of ether oxygens (including phenoxy) is 2. The van der Waals surface area contributed by atoms with Crippen LogP contribution in [0.15, 0.2) is 42.6 Å². The van der Waals surface area contributed by atoms with E-state index in [2.05, 4.69) is 27.3 Å². The maximum absolute atomic E-state index is 13.8. The topological polar surface area (TPSA) is 46.6 Å². The minimum Gasteiger partial charge on any atom is -0.497 e. The van der Waals surface area contributed by atoms with E-state index < -0.39 is 0 Å². The minimum absolute atomic E-state index is 0.0975. The van der Waals surface area contributed by atoms with E-state index in [0.717, 1.165) is 38.2 Å². The fourth-order valence-corrected chi connectivity index (χ4v) is 3.96. The molecule has 6 heteroatoms. The van der Waals surface area contributed by atoms with Gasteiger partial charge in [0.25, 0.3) is 0 Å². The van der Waals surface area contributed by atoms with Crippen molar-refractivity contribution in [2.45, 2.75) is 31.0 Å². The third-order valence-electron chi connectivity index (χ3n) is 5.27. The van der Waals surface area contributed by atoms with Crippen molar-refractivity contribution in [2.24, 2.45) is 0 Å². The number of rotatable bonds is 5. The predicted octanol–water partition coefficient (Wildman–Crippen LogP) is 3.07. The van der Waals surface area contributed by atoms with Gasteiger partial charge in [0.2, 0.25) is 0 Å². The summed E-state index contributed by atoms with van der Waals surface area (Å²) in [6.45, 7) is 3.41. The molecular formula is C20H24FN3O2. The molecule has 2 saturated heterocycles. The van der Waals surface area contributed by atoms with Gasteiger partial charge in [-0.2, -0.15) is 0 Å². The summed E-state index contributed by atoms with van der Waals surface area (Å²) in [5, 5.41) is 3.19. The summed E-state index contributed by atoms with van der Waals surface area (Å²) < 4.78 is 25.2. The monoisotopic (exact) mass is 357 g/mol. The fraction of sp³-hybridized carbons (Fsp3) is 0.450. The van der Waals surface area contributed by atoms with Crippen LogP contribution in [0, 0.1) is 5.82 Å². The van der Waals surface area contributed by atoms with Crippen LogP contribution in [0.2, 0.25) is 0 Å². The first kappa shape index (κ1) is 17.2. The van der Waals surface area contributed by atoms with Crippen molar-refractivity contribution in [1.82, 2.24) is 9.88 Å². The summed E-state index contributed by atoms with van der Waals surface area (Å²) in [7, 11) is 1.68. The Labute approximate surface area is 153 Å². The third-order valence-corrected chi connectivity index (χ3v) is 5.27. The van der Waals surface area contributed by atoms with Crippen LogP contribution in [0.25, 0.3) is 0 Å². The van der Waals surface area contributed by atoms with E-state index >= 15 is 0 Å². The van der Waals surface area contributed by atoms with E-state index in [-0.39, 0.29) is 17.5 Å². The molecule has 1 spiro atoms. The number of nitrogens with one attached hydrogen (secondary N) is 1. The molecule has 5 nitrogen and oxygen atoms in total. The second-order valence-electron chi connectivity index (χ2n) is 7.18. The molecule has 2 aliphatic heterocycles. The first-order chi connectivity index (χ1) is 12.7. The fourth-order valence-electron chi connectivity index (χ4n) is 3.96. The molecule has 1 N–H and O–H groups in total. The first-order valence-electron chi connectivity index (χ1n) is 9.02. The molecule has 2 aliphatic rings. The van der Waals surface area contributed by atoms with Gasteiger partial charge in [0, 0.05) is 32.3 Å². The normalized spacial score (nSPS) is 25.7. The van der Waals surface area contributed by atoms with Crippen LogP contribution in [0.3, 0.4) is 0 Å². The molecule has 0 radical (unpaired) electrons. The molecular weight excluding hydrogens is 333 g/mol. The van der Waals surface area contributed by atoms with E-state index in [1.165, 1.54) is 11.6 Å². The van der Waals surface area contributed by atoms with Gasteiger partial charge in [0.1, 0.15) is 5.75 Å². The maximum atomic E-state index is 13.8. The standard InChI is InChI=1S/C20H24FN3O2/c1-25-17-6-4-15(5-7-17)12-24-10-8-20(14-24)11-16(13-26-20)23-19-18(21)3-2-9-22-19/h2-7,9,16H,8,10-14H2,1H3,(H,22,23)/t16-,20-/m0/s1. The summed E-state index contributed by atoms with van der Waals surface area (Å²) in [5.41, 5.74) is 1.14. The highest BCUT2D eigenvalue weighted by Crippen LogP contribution is 2.36. The Balaban J connectivity index is 1.33. The zero-order valence-corrected chi connectivity index (χ0v) is 15.0. The number of methoxy groups -OCH3 is 1. The minimum atomic E-state index is -0.319. The molecule has 0 aliphatic carbocycles. The molecule has 3 heterocycles. The number of nitrogens with zero attached hydrogens (tertiary/aromatic N) is 2. The Morgan fingerprint density at radius 1 is 1.35 bits per heavy atom. The Bertz CT molecular complexity index is 755. The molecule has 2 fully saturated rings. The quantitative estimate of drug-likeness (QED) is 0.891. The zero-order chi connectivity index (χ0) is 18.0. The van der Waals surface area contributed by atoms with Crippen LogP contribution in [-0.2, 0) is 11.3 Å².